The first-order chi connectivity index (χ1) is 14.6. The third-order valence-electron chi connectivity index (χ3n) is 5.71. The number of esters is 1. The lowest BCUT2D eigenvalue weighted by Gasteiger charge is -2.33. The fourth-order valence-electron chi connectivity index (χ4n) is 4.29. The SMILES string of the molecule is O=C(OCc1ccccc1)[C@@H]1C[C@@H]2CCCC[C@@H]2N1C(=O)CCOS(=O)(=O)C(F)(F)F. The first kappa shape index (κ1) is 23.5. The summed E-state index contributed by atoms with van der Waals surface area (Å²) in [6.45, 7) is -0.902. The van der Waals surface area contributed by atoms with E-state index in [1.807, 2.05) is 6.07 Å². The highest BCUT2D eigenvalue weighted by atomic mass is 32.2. The Bertz CT molecular complexity index is 890. The van der Waals surface area contributed by atoms with Gasteiger partial charge < -0.3 is 9.64 Å². The summed E-state index contributed by atoms with van der Waals surface area (Å²) in [4.78, 5) is 26.9. The molecule has 172 valence electrons. The van der Waals surface area contributed by atoms with Crippen molar-refractivity contribution in [3.63, 3.8) is 0 Å². The van der Waals surface area contributed by atoms with Crippen molar-refractivity contribution in [2.75, 3.05) is 6.61 Å². The lowest BCUT2D eigenvalue weighted by Crippen LogP contribution is -2.47. The van der Waals surface area contributed by atoms with E-state index in [-0.39, 0.29) is 18.6 Å². The van der Waals surface area contributed by atoms with Gasteiger partial charge in [0.05, 0.1) is 13.0 Å². The summed E-state index contributed by atoms with van der Waals surface area (Å²) in [7, 11) is -5.77. The minimum Gasteiger partial charge on any atom is -0.459 e. The Kier molecular flexibility index (Phi) is 7.25. The van der Waals surface area contributed by atoms with Crippen LogP contribution >= 0.6 is 0 Å². The van der Waals surface area contributed by atoms with Crippen LogP contribution in [0, 0.1) is 5.92 Å². The molecule has 0 N–H and O–H groups in total. The predicted molar refractivity (Wildman–Crippen MR) is 103 cm³/mol. The van der Waals surface area contributed by atoms with Gasteiger partial charge in [0.25, 0.3) is 0 Å². The molecule has 11 heteroatoms. The first-order valence-electron chi connectivity index (χ1n) is 10.1. The van der Waals surface area contributed by atoms with Gasteiger partial charge in [0.2, 0.25) is 5.91 Å². The van der Waals surface area contributed by atoms with Crippen LogP contribution in [-0.4, -0.2) is 49.4 Å². The number of benzene rings is 1. The highest BCUT2D eigenvalue weighted by Gasteiger charge is 2.49. The van der Waals surface area contributed by atoms with Crippen LogP contribution in [0.25, 0.3) is 0 Å². The summed E-state index contributed by atoms with van der Waals surface area (Å²) in [5.41, 5.74) is -4.77. The Balaban J connectivity index is 1.65. The van der Waals surface area contributed by atoms with Crippen molar-refractivity contribution < 1.29 is 40.1 Å². The summed E-state index contributed by atoms with van der Waals surface area (Å²) in [5, 5.41) is 0. The maximum absolute atomic E-state index is 12.8. The van der Waals surface area contributed by atoms with Gasteiger partial charge in [-0.2, -0.15) is 21.6 Å². The van der Waals surface area contributed by atoms with Crippen molar-refractivity contribution in [3.8, 4) is 0 Å². The zero-order valence-electron chi connectivity index (χ0n) is 16.7. The zero-order chi connectivity index (χ0) is 22.6. The molecule has 3 rings (SSSR count). The van der Waals surface area contributed by atoms with Gasteiger partial charge in [-0.05, 0) is 30.7 Å². The van der Waals surface area contributed by atoms with E-state index < -0.39 is 46.6 Å². The van der Waals surface area contributed by atoms with E-state index in [9.17, 15) is 31.2 Å². The van der Waals surface area contributed by atoms with Crippen LogP contribution in [0.5, 0.6) is 0 Å². The molecular formula is C20H24F3NO6S. The van der Waals surface area contributed by atoms with Gasteiger partial charge in [0.15, 0.2) is 0 Å². The number of amides is 1. The van der Waals surface area contributed by atoms with Gasteiger partial charge in [-0.15, -0.1) is 0 Å². The van der Waals surface area contributed by atoms with Gasteiger partial charge in [0.1, 0.15) is 12.6 Å². The molecule has 1 heterocycles. The van der Waals surface area contributed by atoms with Crippen molar-refractivity contribution in [2.24, 2.45) is 5.92 Å². The van der Waals surface area contributed by atoms with Gasteiger partial charge in [0, 0.05) is 6.04 Å². The van der Waals surface area contributed by atoms with E-state index in [0.717, 1.165) is 24.8 Å². The summed E-state index contributed by atoms with van der Waals surface area (Å²) in [6.07, 6.45) is 3.21. The number of carbonyl (C=O) groups excluding carboxylic acids is 2. The molecule has 7 nitrogen and oxygen atoms in total. The van der Waals surface area contributed by atoms with Crippen molar-refractivity contribution >= 4 is 22.0 Å². The van der Waals surface area contributed by atoms with Crippen molar-refractivity contribution in [3.05, 3.63) is 35.9 Å². The van der Waals surface area contributed by atoms with Crippen LogP contribution in [0.15, 0.2) is 30.3 Å². The largest absolute Gasteiger partial charge is 0.523 e. The molecule has 0 aromatic heterocycles. The molecule has 1 aromatic rings. The lowest BCUT2D eigenvalue weighted by molar-refractivity contribution is -0.156. The zero-order valence-corrected chi connectivity index (χ0v) is 17.5. The smallest absolute Gasteiger partial charge is 0.459 e. The molecule has 0 radical (unpaired) electrons. The van der Waals surface area contributed by atoms with Gasteiger partial charge in [-0.3, -0.25) is 8.98 Å². The molecule has 2 aliphatic rings. The minimum absolute atomic E-state index is 0.0421. The highest BCUT2D eigenvalue weighted by molar-refractivity contribution is 7.87. The van der Waals surface area contributed by atoms with Crippen LogP contribution in [0.3, 0.4) is 0 Å². The molecule has 1 aliphatic heterocycles. The molecular weight excluding hydrogens is 439 g/mol. The third kappa shape index (κ3) is 5.57. The molecule has 3 atom stereocenters. The molecule has 0 spiro atoms. The molecule has 31 heavy (non-hydrogen) atoms. The highest BCUT2D eigenvalue weighted by Crippen LogP contribution is 2.40. The topological polar surface area (TPSA) is 90.0 Å². The number of nitrogens with zero attached hydrogens (tertiary/aromatic N) is 1. The van der Waals surface area contributed by atoms with Crippen molar-refractivity contribution in [1.29, 1.82) is 0 Å². The Morgan fingerprint density at radius 2 is 1.77 bits per heavy atom. The van der Waals surface area contributed by atoms with Crippen LogP contribution in [0.2, 0.25) is 0 Å². The second-order valence-corrected chi connectivity index (χ2v) is 9.34. The molecule has 1 aliphatic carbocycles. The third-order valence-corrected chi connectivity index (χ3v) is 6.75. The lowest BCUT2D eigenvalue weighted by atomic mass is 9.84. The Morgan fingerprint density at radius 1 is 1.10 bits per heavy atom. The maximum atomic E-state index is 12.8. The van der Waals surface area contributed by atoms with Gasteiger partial charge in [-0.1, -0.05) is 43.2 Å². The molecule has 1 amide bonds. The number of ether oxygens (including phenoxy) is 1. The van der Waals surface area contributed by atoms with Gasteiger partial charge in [-0.25, -0.2) is 4.79 Å². The number of fused-ring (bicyclic) bond motifs is 1. The fraction of sp³-hybridized carbons (Fsp3) is 0.600. The Labute approximate surface area is 178 Å². The van der Waals surface area contributed by atoms with E-state index >= 15 is 0 Å². The summed E-state index contributed by atoms with van der Waals surface area (Å²) in [5.74, 6) is -1.09. The maximum Gasteiger partial charge on any atom is 0.523 e. The monoisotopic (exact) mass is 463 g/mol. The number of alkyl halides is 3. The Morgan fingerprint density at radius 3 is 2.45 bits per heavy atom. The van der Waals surface area contributed by atoms with E-state index in [2.05, 4.69) is 4.18 Å². The minimum atomic E-state index is -5.77. The molecule has 0 unspecified atom stereocenters. The number of carbonyl (C=O) groups is 2. The quantitative estimate of drug-likeness (QED) is 0.351. The fourth-order valence-corrected chi connectivity index (χ4v) is 4.73. The van der Waals surface area contributed by atoms with Crippen LogP contribution in [0.4, 0.5) is 13.2 Å². The van der Waals surface area contributed by atoms with Crippen molar-refractivity contribution in [1.82, 2.24) is 4.90 Å². The normalized spacial score (nSPS) is 24.0. The number of hydrogen-bond donors (Lipinski definition) is 0. The second-order valence-electron chi connectivity index (χ2n) is 7.73. The molecule has 1 saturated carbocycles. The average Bonchev–Trinajstić information content (AvgIpc) is 3.11. The molecule has 0 bridgehead atoms. The van der Waals surface area contributed by atoms with Gasteiger partial charge >= 0.3 is 21.6 Å². The molecule has 1 saturated heterocycles. The van der Waals surface area contributed by atoms with E-state index in [1.54, 1.807) is 24.3 Å². The molecule has 2 fully saturated rings. The Hall–Kier alpha value is -2.14. The summed E-state index contributed by atoms with van der Waals surface area (Å²) >= 11 is 0. The number of hydrogen-bond acceptors (Lipinski definition) is 6. The first-order valence-corrected chi connectivity index (χ1v) is 11.5. The van der Waals surface area contributed by atoms with E-state index in [1.165, 1.54) is 4.90 Å². The molecule has 1 aromatic carbocycles. The standard InChI is InChI=1S/C20H24F3NO6S/c21-20(22,23)31(27,28)30-11-10-18(25)24-16-9-5-4-8-15(16)12-17(24)19(26)29-13-14-6-2-1-3-7-14/h1-3,6-7,15-17H,4-5,8-13H2/t15-,16-,17-/m0/s1. The number of rotatable bonds is 7. The summed E-state index contributed by atoms with van der Waals surface area (Å²) in [6, 6.07) is 7.97. The van der Waals surface area contributed by atoms with Crippen LogP contribution in [-0.2, 0) is 35.2 Å². The van der Waals surface area contributed by atoms with Crippen LogP contribution < -0.4 is 0 Å². The van der Waals surface area contributed by atoms with Crippen LogP contribution in [0.1, 0.15) is 44.1 Å². The average molecular weight is 463 g/mol. The second kappa shape index (κ2) is 9.56. The van der Waals surface area contributed by atoms with E-state index in [0.29, 0.717) is 12.8 Å². The van der Waals surface area contributed by atoms with Crippen molar-refractivity contribution in [2.45, 2.75) is 62.7 Å². The predicted octanol–water partition coefficient (Wildman–Crippen LogP) is 3.15. The summed E-state index contributed by atoms with van der Waals surface area (Å²) < 4.78 is 68.6. The number of halogens is 3. The number of likely N-dealkylation sites (tertiary alicyclic amines) is 1. The van der Waals surface area contributed by atoms with E-state index in [4.69, 9.17) is 4.74 Å².